The molecule has 0 saturated heterocycles. The first-order chi connectivity index (χ1) is 8.86. The second kappa shape index (κ2) is 4.58. The number of H-pyrrole nitrogens is 1. The lowest BCUT2D eigenvalue weighted by Crippen LogP contribution is -1.83. The van der Waals surface area contributed by atoms with Crippen LogP contribution in [0.1, 0.15) is 0 Å². The average molecular weight is 257 g/mol. The van der Waals surface area contributed by atoms with Crippen LogP contribution in [0.15, 0.2) is 48.8 Å². The van der Waals surface area contributed by atoms with Gasteiger partial charge in [-0.05, 0) is 24.3 Å². The maximum absolute atomic E-state index is 6.32. The molecule has 0 aromatic carbocycles. The van der Waals surface area contributed by atoms with E-state index in [2.05, 4.69) is 20.2 Å². The number of nitrogens with one attached hydrogen (secondary N) is 1. The van der Waals surface area contributed by atoms with Crippen molar-refractivity contribution in [3.63, 3.8) is 0 Å². The van der Waals surface area contributed by atoms with Crippen molar-refractivity contribution in [2.75, 3.05) is 0 Å². The van der Waals surface area contributed by atoms with Crippen LogP contribution in [0, 0.1) is 0 Å². The Kier molecular flexibility index (Phi) is 2.78. The lowest BCUT2D eigenvalue weighted by Gasteiger charge is -1.97. The zero-order valence-electron chi connectivity index (χ0n) is 9.34. The van der Waals surface area contributed by atoms with Crippen LogP contribution in [-0.2, 0) is 0 Å². The standard InChI is InChI=1S/C13H9ClN4/c14-11-12(9-5-1-3-7-15-9)17-18-13(11)10-6-2-4-8-16-10/h1-8H,(H,17,18). The summed E-state index contributed by atoms with van der Waals surface area (Å²) in [6, 6.07) is 11.2. The highest BCUT2D eigenvalue weighted by Gasteiger charge is 2.15. The predicted octanol–water partition coefficient (Wildman–Crippen LogP) is 3.19. The second-order valence-electron chi connectivity index (χ2n) is 3.69. The van der Waals surface area contributed by atoms with Crippen LogP contribution in [0.5, 0.6) is 0 Å². The molecule has 4 nitrogen and oxygen atoms in total. The van der Waals surface area contributed by atoms with E-state index in [9.17, 15) is 0 Å². The van der Waals surface area contributed by atoms with Crippen molar-refractivity contribution in [1.82, 2.24) is 20.2 Å². The molecule has 0 aliphatic heterocycles. The maximum atomic E-state index is 6.32. The van der Waals surface area contributed by atoms with Gasteiger partial charge in [-0.15, -0.1) is 0 Å². The summed E-state index contributed by atoms with van der Waals surface area (Å²) < 4.78 is 0. The molecule has 0 bridgehead atoms. The highest BCUT2D eigenvalue weighted by atomic mass is 35.5. The Labute approximate surface area is 109 Å². The molecule has 0 aliphatic carbocycles. The lowest BCUT2D eigenvalue weighted by molar-refractivity contribution is 1.08. The van der Waals surface area contributed by atoms with Crippen LogP contribution in [0.25, 0.3) is 22.8 Å². The molecule has 0 aliphatic rings. The van der Waals surface area contributed by atoms with Gasteiger partial charge in [-0.25, -0.2) is 0 Å². The second-order valence-corrected chi connectivity index (χ2v) is 4.07. The molecule has 0 radical (unpaired) electrons. The smallest absolute Gasteiger partial charge is 0.130 e. The minimum Gasteiger partial charge on any atom is -0.274 e. The van der Waals surface area contributed by atoms with Crippen molar-refractivity contribution in [1.29, 1.82) is 0 Å². The first-order valence-corrected chi connectivity index (χ1v) is 5.81. The van der Waals surface area contributed by atoms with Gasteiger partial charge in [-0.2, -0.15) is 5.10 Å². The molecule has 3 aromatic heterocycles. The molecule has 88 valence electrons. The van der Waals surface area contributed by atoms with Gasteiger partial charge in [-0.1, -0.05) is 23.7 Å². The number of pyridine rings is 2. The third kappa shape index (κ3) is 1.87. The molecule has 0 fully saturated rings. The molecule has 3 aromatic rings. The summed E-state index contributed by atoms with van der Waals surface area (Å²) in [5, 5.41) is 7.64. The van der Waals surface area contributed by atoms with Gasteiger partial charge < -0.3 is 0 Å². The van der Waals surface area contributed by atoms with Gasteiger partial charge in [0, 0.05) is 12.4 Å². The molecular formula is C13H9ClN4. The number of halogens is 1. The number of hydrogen-bond acceptors (Lipinski definition) is 3. The topological polar surface area (TPSA) is 54.5 Å². The average Bonchev–Trinajstić information content (AvgIpc) is 2.83. The molecule has 0 saturated carbocycles. The first-order valence-electron chi connectivity index (χ1n) is 5.43. The lowest BCUT2D eigenvalue weighted by atomic mass is 10.2. The molecule has 18 heavy (non-hydrogen) atoms. The van der Waals surface area contributed by atoms with Gasteiger partial charge in [0.1, 0.15) is 11.4 Å². The van der Waals surface area contributed by atoms with E-state index in [0.717, 1.165) is 11.4 Å². The molecule has 0 amide bonds. The normalized spacial score (nSPS) is 10.5. The molecular weight excluding hydrogens is 248 g/mol. The molecule has 3 rings (SSSR count). The maximum Gasteiger partial charge on any atom is 0.130 e. The van der Waals surface area contributed by atoms with Gasteiger partial charge in [0.25, 0.3) is 0 Å². The Morgan fingerprint density at radius 3 is 2.17 bits per heavy atom. The number of nitrogens with zero attached hydrogens (tertiary/aromatic N) is 3. The third-order valence-corrected chi connectivity index (χ3v) is 2.90. The Morgan fingerprint density at radius 1 is 0.889 bits per heavy atom. The van der Waals surface area contributed by atoms with E-state index in [4.69, 9.17) is 11.6 Å². The van der Waals surface area contributed by atoms with Crippen LogP contribution in [0.2, 0.25) is 5.02 Å². The quantitative estimate of drug-likeness (QED) is 0.766. The molecule has 1 N–H and O–H groups in total. The minimum absolute atomic E-state index is 0.535. The fourth-order valence-electron chi connectivity index (χ4n) is 1.68. The summed E-state index contributed by atoms with van der Waals surface area (Å²) in [5.41, 5.74) is 2.84. The fourth-order valence-corrected chi connectivity index (χ4v) is 1.96. The minimum atomic E-state index is 0.535. The van der Waals surface area contributed by atoms with E-state index in [-0.39, 0.29) is 0 Å². The van der Waals surface area contributed by atoms with E-state index in [1.54, 1.807) is 12.4 Å². The van der Waals surface area contributed by atoms with Gasteiger partial charge >= 0.3 is 0 Å². The zero-order valence-corrected chi connectivity index (χ0v) is 10.1. The molecule has 0 spiro atoms. The van der Waals surface area contributed by atoms with E-state index in [0.29, 0.717) is 16.4 Å². The van der Waals surface area contributed by atoms with Crippen LogP contribution >= 0.6 is 11.6 Å². The van der Waals surface area contributed by atoms with Crippen molar-refractivity contribution >= 4 is 11.6 Å². The van der Waals surface area contributed by atoms with Crippen molar-refractivity contribution in [2.45, 2.75) is 0 Å². The van der Waals surface area contributed by atoms with Gasteiger partial charge in [0.2, 0.25) is 0 Å². The Balaban J connectivity index is 2.09. The van der Waals surface area contributed by atoms with Crippen molar-refractivity contribution < 1.29 is 0 Å². The fraction of sp³-hybridized carbons (Fsp3) is 0. The highest BCUT2D eigenvalue weighted by molar-refractivity contribution is 6.35. The molecule has 0 atom stereocenters. The first kappa shape index (κ1) is 10.9. The molecule has 5 heteroatoms. The Morgan fingerprint density at radius 2 is 1.56 bits per heavy atom. The van der Waals surface area contributed by atoms with Gasteiger partial charge in [0.15, 0.2) is 0 Å². The summed E-state index contributed by atoms with van der Waals surface area (Å²) in [7, 11) is 0. The van der Waals surface area contributed by atoms with E-state index in [1.807, 2.05) is 36.4 Å². The largest absolute Gasteiger partial charge is 0.274 e. The monoisotopic (exact) mass is 256 g/mol. The van der Waals surface area contributed by atoms with Crippen LogP contribution in [0.4, 0.5) is 0 Å². The van der Waals surface area contributed by atoms with Crippen molar-refractivity contribution in [3.05, 3.63) is 53.8 Å². The van der Waals surface area contributed by atoms with Crippen molar-refractivity contribution in [3.8, 4) is 22.8 Å². The van der Waals surface area contributed by atoms with Crippen LogP contribution in [-0.4, -0.2) is 20.2 Å². The number of rotatable bonds is 2. The highest BCUT2D eigenvalue weighted by Crippen LogP contribution is 2.32. The zero-order chi connectivity index (χ0) is 12.4. The SMILES string of the molecule is Clc1c(-c2ccccn2)n[nH]c1-c1ccccn1. The van der Waals surface area contributed by atoms with E-state index in [1.165, 1.54) is 0 Å². The summed E-state index contributed by atoms with van der Waals surface area (Å²) >= 11 is 6.32. The summed E-state index contributed by atoms with van der Waals surface area (Å²) in [4.78, 5) is 8.47. The number of aromatic amines is 1. The van der Waals surface area contributed by atoms with Gasteiger partial charge in [0.05, 0.1) is 16.4 Å². The van der Waals surface area contributed by atoms with Gasteiger partial charge in [-0.3, -0.25) is 15.1 Å². The van der Waals surface area contributed by atoms with Crippen molar-refractivity contribution in [2.24, 2.45) is 0 Å². The van der Waals surface area contributed by atoms with Crippen LogP contribution in [0.3, 0.4) is 0 Å². The Hall–Kier alpha value is -2.20. The molecule has 3 heterocycles. The van der Waals surface area contributed by atoms with Crippen LogP contribution < -0.4 is 0 Å². The molecule has 0 unspecified atom stereocenters. The third-order valence-electron chi connectivity index (χ3n) is 2.54. The van der Waals surface area contributed by atoms with E-state index >= 15 is 0 Å². The Bertz CT molecular complexity index is 592. The van der Waals surface area contributed by atoms with E-state index < -0.39 is 0 Å². The number of aromatic nitrogens is 4. The predicted molar refractivity (Wildman–Crippen MR) is 70.1 cm³/mol. The summed E-state index contributed by atoms with van der Waals surface area (Å²) in [5.74, 6) is 0. The summed E-state index contributed by atoms with van der Waals surface area (Å²) in [6.45, 7) is 0. The summed E-state index contributed by atoms with van der Waals surface area (Å²) in [6.07, 6.45) is 3.42. The number of hydrogen-bond donors (Lipinski definition) is 1.